The van der Waals surface area contributed by atoms with E-state index in [0.717, 1.165) is 61.4 Å². The quantitative estimate of drug-likeness (QED) is 0.558. The van der Waals surface area contributed by atoms with Gasteiger partial charge >= 0.3 is 0 Å². The number of anilines is 3. The Morgan fingerprint density at radius 3 is 2.56 bits per heavy atom. The van der Waals surface area contributed by atoms with Gasteiger partial charge in [0.15, 0.2) is 5.96 Å². The van der Waals surface area contributed by atoms with E-state index in [2.05, 4.69) is 26.3 Å². The van der Waals surface area contributed by atoms with Crippen molar-refractivity contribution in [1.82, 2.24) is 10.6 Å². The maximum atomic E-state index is 12.6. The van der Waals surface area contributed by atoms with Crippen molar-refractivity contribution < 1.29 is 14.3 Å². The summed E-state index contributed by atoms with van der Waals surface area (Å²) < 4.78 is 5.46. The number of amides is 2. The lowest BCUT2D eigenvalue weighted by Crippen LogP contribution is -2.26. The highest BCUT2D eigenvalue weighted by molar-refractivity contribution is 6.03. The molecule has 1 atom stereocenters. The second-order valence-corrected chi connectivity index (χ2v) is 8.39. The SMILES string of the molecule is O=C(N=C1NCCN1)c1ccc(Nc2cccc(NC(=O)C3CCCO3)c2)c(C2CC2)c1. The van der Waals surface area contributed by atoms with Gasteiger partial charge in [0.2, 0.25) is 0 Å². The first-order valence-electron chi connectivity index (χ1n) is 11.2. The molecule has 2 amide bonds. The van der Waals surface area contributed by atoms with Crippen molar-refractivity contribution in [2.45, 2.75) is 37.7 Å². The van der Waals surface area contributed by atoms with E-state index in [0.29, 0.717) is 24.0 Å². The number of carbonyl (C=O) groups excluding carboxylic acids is 2. The fourth-order valence-electron chi connectivity index (χ4n) is 4.05. The molecule has 2 heterocycles. The summed E-state index contributed by atoms with van der Waals surface area (Å²) in [5.74, 6) is 0.623. The van der Waals surface area contributed by atoms with E-state index in [4.69, 9.17) is 4.74 Å². The van der Waals surface area contributed by atoms with Gasteiger partial charge in [-0.2, -0.15) is 4.99 Å². The van der Waals surface area contributed by atoms with Crippen LogP contribution in [-0.4, -0.2) is 43.6 Å². The predicted molar refractivity (Wildman–Crippen MR) is 124 cm³/mol. The highest BCUT2D eigenvalue weighted by atomic mass is 16.5. The third kappa shape index (κ3) is 4.75. The number of nitrogens with zero attached hydrogens (tertiary/aromatic N) is 1. The topological polar surface area (TPSA) is 104 Å². The van der Waals surface area contributed by atoms with Gasteiger partial charge in [-0.3, -0.25) is 9.59 Å². The van der Waals surface area contributed by atoms with Gasteiger partial charge in [-0.05, 0) is 73.6 Å². The number of guanidine groups is 1. The van der Waals surface area contributed by atoms with E-state index in [9.17, 15) is 9.59 Å². The third-order valence-electron chi connectivity index (χ3n) is 5.87. The molecule has 0 spiro atoms. The monoisotopic (exact) mass is 433 g/mol. The molecule has 32 heavy (non-hydrogen) atoms. The fraction of sp³-hybridized carbons (Fsp3) is 0.375. The molecule has 5 rings (SSSR count). The molecule has 0 radical (unpaired) electrons. The van der Waals surface area contributed by atoms with Gasteiger partial charge < -0.3 is 26.0 Å². The summed E-state index contributed by atoms with van der Waals surface area (Å²) in [4.78, 5) is 29.1. The lowest BCUT2D eigenvalue weighted by molar-refractivity contribution is -0.124. The van der Waals surface area contributed by atoms with Crippen LogP contribution in [0.3, 0.4) is 0 Å². The maximum absolute atomic E-state index is 12.6. The van der Waals surface area contributed by atoms with Crippen LogP contribution >= 0.6 is 0 Å². The molecule has 2 aliphatic heterocycles. The summed E-state index contributed by atoms with van der Waals surface area (Å²) in [5.41, 5.74) is 4.27. The molecule has 1 unspecified atom stereocenters. The fourth-order valence-corrected chi connectivity index (χ4v) is 4.05. The number of carbonyl (C=O) groups is 2. The molecule has 2 saturated heterocycles. The molecule has 3 aliphatic rings. The Balaban J connectivity index is 1.32. The van der Waals surface area contributed by atoms with Gasteiger partial charge in [0, 0.05) is 42.3 Å². The smallest absolute Gasteiger partial charge is 0.280 e. The molecule has 8 heteroatoms. The zero-order valence-corrected chi connectivity index (χ0v) is 17.8. The van der Waals surface area contributed by atoms with Crippen molar-refractivity contribution in [2.24, 2.45) is 4.99 Å². The number of benzene rings is 2. The molecule has 166 valence electrons. The van der Waals surface area contributed by atoms with Crippen molar-refractivity contribution in [3.05, 3.63) is 53.6 Å². The lowest BCUT2D eigenvalue weighted by Gasteiger charge is -2.15. The predicted octanol–water partition coefficient (Wildman–Crippen LogP) is 3.11. The number of hydrogen-bond donors (Lipinski definition) is 4. The van der Waals surface area contributed by atoms with Crippen molar-refractivity contribution in [3.8, 4) is 0 Å². The number of ether oxygens (including phenoxy) is 1. The standard InChI is InChI=1S/C24H27N5O3/c30-22(29-24-25-10-11-26-24)16-8-9-20(19(13-16)15-6-7-15)27-17-3-1-4-18(14-17)28-23(31)21-5-2-12-32-21/h1,3-4,8-9,13-15,21,27H,2,5-7,10-12H2,(H,28,31)(H2,25,26,29,30). The van der Waals surface area contributed by atoms with Crippen LogP contribution in [0.15, 0.2) is 47.5 Å². The van der Waals surface area contributed by atoms with Crippen molar-refractivity contribution in [1.29, 1.82) is 0 Å². The first-order valence-corrected chi connectivity index (χ1v) is 11.2. The summed E-state index contributed by atoms with van der Waals surface area (Å²) in [7, 11) is 0. The van der Waals surface area contributed by atoms with Gasteiger partial charge in [0.05, 0.1) is 0 Å². The van der Waals surface area contributed by atoms with E-state index in [1.54, 1.807) is 6.07 Å². The van der Waals surface area contributed by atoms with Crippen LogP contribution in [-0.2, 0) is 9.53 Å². The van der Waals surface area contributed by atoms with Crippen LogP contribution in [0.1, 0.15) is 47.5 Å². The van der Waals surface area contributed by atoms with E-state index in [1.165, 1.54) is 0 Å². The van der Waals surface area contributed by atoms with Crippen LogP contribution in [0, 0.1) is 0 Å². The van der Waals surface area contributed by atoms with Gasteiger partial charge in [-0.25, -0.2) is 0 Å². The van der Waals surface area contributed by atoms with Crippen LogP contribution in [0.25, 0.3) is 0 Å². The second kappa shape index (κ2) is 9.00. The van der Waals surface area contributed by atoms with E-state index >= 15 is 0 Å². The Morgan fingerprint density at radius 2 is 1.81 bits per heavy atom. The zero-order valence-electron chi connectivity index (χ0n) is 17.8. The normalized spacial score (nSPS) is 19.8. The van der Waals surface area contributed by atoms with Crippen LogP contribution in [0.4, 0.5) is 17.1 Å². The molecule has 1 saturated carbocycles. The molecule has 2 aromatic carbocycles. The lowest BCUT2D eigenvalue weighted by atomic mass is 10.0. The molecule has 0 bridgehead atoms. The molecule has 1 aliphatic carbocycles. The van der Waals surface area contributed by atoms with Gasteiger partial charge in [0.25, 0.3) is 11.8 Å². The molecule has 2 aromatic rings. The maximum Gasteiger partial charge on any atom is 0.280 e. The Hall–Kier alpha value is -3.39. The second-order valence-electron chi connectivity index (χ2n) is 8.39. The molecule has 4 N–H and O–H groups in total. The van der Waals surface area contributed by atoms with Crippen LogP contribution in [0.2, 0.25) is 0 Å². The van der Waals surface area contributed by atoms with Crippen LogP contribution in [0.5, 0.6) is 0 Å². The third-order valence-corrected chi connectivity index (χ3v) is 5.87. The number of hydrogen-bond acceptors (Lipinski definition) is 4. The highest BCUT2D eigenvalue weighted by Gasteiger charge is 2.27. The Kier molecular flexibility index (Phi) is 5.77. The van der Waals surface area contributed by atoms with E-state index < -0.39 is 0 Å². The summed E-state index contributed by atoms with van der Waals surface area (Å²) in [6, 6.07) is 13.3. The van der Waals surface area contributed by atoms with Gasteiger partial charge in [0.1, 0.15) is 6.10 Å². The molecule has 0 aromatic heterocycles. The first kappa shape index (κ1) is 20.5. The number of rotatable bonds is 6. The minimum atomic E-state index is -0.364. The minimum absolute atomic E-state index is 0.103. The first-order chi connectivity index (χ1) is 15.7. The summed E-state index contributed by atoms with van der Waals surface area (Å²) in [6.45, 7) is 2.19. The van der Waals surface area contributed by atoms with Crippen molar-refractivity contribution in [3.63, 3.8) is 0 Å². The van der Waals surface area contributed by atoms with Crippen LogP contribution < -0.4 is 21.3 Å². The summed E-state index contributed by atoms with van der Waals surface area (Å²) in [5, 5.41) is 12.5. The molecular formula is C24H27N5O3. The summed E-state index contributed by atoms with van der Waals surface area (Å²) >= 11 is 0. The Bertz CT molecular complexity index is 1050. The largest absolute Gasteiger partial charge is 0.368 e. The summed E-state index contributed by atoms with van der Waals surface area (Å²) in [6.07, 6.45) is 3.54. The zero-order chi connectivity index (χ0) is 21.9. The van der Waals surface area contributed by atoms with E-state index in [-0.39, 0.29) is 17.9 Å². The average Bonchev–Trinajstić information content (AvgIpc) is 3.24. The molecule has 3 fully saturated rings. The number of aliphatic imine (C=N–C) groups is 1. The van der Waals surface area contributed by atoms with Crippen molar-refractivity contribution >= 4 is 34.8 Å². The molecule has 8 nitrogen and oxygen atoms in total. The Morgan fingerprint density at radius 1 is 1.00 bits per heavy atom. The average molecular weight is 434 g/mol. The minimum Gasteiger partial charge on any atom is -0.368 e. The van der Waals surface area contributed by atoms with Gasteiger partial charge in [-0.1, -0.05) is 6.07 Å². The van der Waals surface area contributed by atoms with E-state index in [1.807, 2.05) is 36.4 Å². The molecular weight excluding hydrogens is 406 g/mol. The van der Waals surface area contributed by atoms with Crippen molar-refractivity contribution in [2.75, 3.05) is 30.3 Å². The Labute approximate surface area is 186 Å². The number of nitrogens with one attached hydrogen (secondary N) is 4. The van der Waals surface area contributed by atoms with Gasteiger partial charge in [-0.15, -0.1) is 0 Å². The highest BCUT2D eigenvalue weighted by Crippen LogP contribution is 2.44.